The van der Waals surface area contributed by atoms with Gasteiger partial charge in [-0.2, -0.15) is 0 Å². The zero-order chi connectivity index (χ0) is 19.7. The molecule has 27 heavy (non-hydrogen) atoms. The van der Waals surface area contributed by atoms with Crippen molar-refractivity contribution in [1.29, 1.82) is 0 Å². The van der Waals surface area contributed by atoms with Crippen molar-refractivity contribution in [3.8, 4) is 23.0 Å². The summed E-state index contributed by atoms with van der Waals surface area (Å²) in [7, 11) is 3.17. The molecule has 0 saturated carbocycles. The van der Waals surface area contributed by atoms with Crippen LogP contribution in [-0.4, -0.2) is 33.6 Å². The van der Waals surface area contributed by atoms with Crippen LogP contribution in [0.25, 0.3) is 0 Å². The second-order valence-corrected chi connectivity index (χ2v) is 6.58. The maximum atomic E-state index is 12.4. The minimum absolute atomic E-state index is 0.189. The van der Waals surface area contributed by atoms with E-state index in [-0.39, 0.29) is 25.7 Å². The first kappa shape index (κ1) is 16.3. The minimum atomic E-state index is -1.36. The van der Waals surface area contributed by atoms with Crippen LogP contribution in [0, 0.1) is 11.8 Å². The number of esters is 1. The summed E-state index contributed by atoms with van der Waals surface area (Å²) in [5, 5.41) is 0. The zero-order valence-electron chi connectivity index (χ0n) is 16.3. The number of ether oxygens (including phenoxy) is 5. The van der Waals surface area contributed by atoms with Gasteiger partial charge in [-0.05, 0) is 48.2 Å². The molecule has 0 radical (unpaired) electrons. The van der Waals surface area contributed by atoms with Gasteiger partial charge in [0.05, 0.1) is 26.7 Å². The average Bonchev–Trinajstić information content (AvgIpc) is 3.27. The van der Waals surface area contributed by atoms with Crippen LogP contribution < -0.4 is 18.9 Å². The lowest BCUT2D eigenvalue weighted by Crippen LogP contribution is -2.20. The molecule has 4 rings (SSSR count). The Hall–Kier alpha value is -2.89. The highest BCUT2D eigenvalue weighted by Crippen LogP contribution is 2.36. The highest BCUT2D eigenvalue weighted by atomic mass is 16.7. The summed E-state index contributed by atoms with van der Waals surface area (Å²) in [6.07, 6.45) is 0.778. The molecule has 2 aromatic carbocycles. The van der Waals surface area contributed by atoms with Gasteiger partial charge < -0.3 is 23.7 Å². The van der Waals surface area contributed by atoms with Crippen LogP contribution in [0.3, 0.4) is 0 Å². The van der Waals surface area contributed by atoms with Crippen LogP contribution >= 0.6 is 0 Å². The van der Waals surface area contributed by atoms with E-state index in [0.717, 1.165) is 11.1 Å². The Bertz CT molecular complexity index is 898. The Morgan fingerprint density at radius 3 is 2.52 bits per heavy atom. The molecule has 2 heterocycles. The predicted molar refractivity (Wildman–Crippen MR) is 97.5 cm³/mol. The van der Waals surface area contributed by atoms with Crippen LogP contribution in [-0.2, 0) is 22.4 Å². The van der Waals surface area contributed by atoms with E-state index < -0.39 is 11.9 Å². The highest BCUT2D eigenvalue weighted by Gasteiger charge is 2.37. The summed E-state index contributed by atoms with van der Waals surface area (Å²) in [6.45, 7) is 0.413. The summed E-state index contributed by atoms with van der Waals surface area (Å²) >= 11 is 0. The number of benzene rings is 2. The standard InChI is InChI=1S/C21H22O6/c1-23-17-5-3-13(9-19(17)24-2)7-15-11-25-21(22)16(15)8-14-4-6-18-20(10-14)27-12-26-18/h3-6,9-10,15-16H,7-8,11-12H2,1-2H3/t15-,16+/m0/s1/i16D. The number of hydrogen-bond donors (Lipinski definition) is 0. The van der Waals surface area contributed by atoms with Crippen molar-refractivity contribution in [3.63, 3.8) is 0 Å². The van der Waals surface area contributed by atoms with Crippen LogP contribution in [0.5, 0.6) is 23.0 Å². The van der Waals surface area contributed by atoms with E-state index in [2.05, 4.69) is 0 Å². The summed E-state index contributed by atoms with van der Waals surface area (Å²) in [5.41, 5.74) is 1.80. The Kier molecular flexibility index (Phi) is 4.46. The van der Waals surface area contributed by atoms with Gasteiger partial charge in [-0.25, -0.2) is 0 Å². The number of carbonyl (C=O) groups is 1. The lowest BCUT2D eigenvalue weighted by molar-refractivity contribution is -0.141. The topological polar surface area (TPSA) is 63.2 Å². The Balaban J connectivity index is 1.56. The third-order valence-corrected chi connectivity index (χ3v) is 4.93. The summed E-state index contributed by atoms with van der Waals surface area (Å²) in [5.74, 6) is 0.460. The van der Waals surface area contributed by atoms with E-state index in [4.69, 9.17) is 25.1 Å². The van der Waals surface area contributed by atoms with Gasteiger partial charge in [-0.15, -0.1) is 0 Å². The number of carbonyl (C=O) groups excluding carboxylic acids is 1. The van der Waals surface area contributed by atoms with Crippen molar-refractivity contribution in [3.05, 3.63) is 47.5 Å². The maximum Gasteiger partial charge on any atom is 0.309 e. The molecule has 2 aliphatic heterocycles. The monoisotopic (exact) mass is 371 g/mol. The first-order valence-electron chi connectivity index (χ1n) is 9.30. The third-order valence-electron chi connectivity index (χ3n) is 4.93. The molecular formula is C21H22O6. The lowest BCUT2D eigenvalue weighted by Gasteiger charge is -2.17. The summed E-state index contributed by atoms with van der Waals surface area (Å²) in [6, 6.07) is 11.1. The Labute approximate surface area is 159 Å². The SMILES string of the molecule is [2H][C@]1(Cc2ccc3c(c2)OCO3)C(=O)OC[C@@H]1Cc1ccc(OC)c(OC)c1. The number of methoxy groups -OCH3 is 2. The fourth-order valence-electron chi connectivity index (χ4n) is 3.50. The third kappa shape index (κ3) is 3.52. The van der Waals surface area contributed by atoms with E-state index in [1.807, 2.05) is 36.4 Å². The fraction of sp³-hybridized carbons (Fsp3) is 0.381. The van der Waals surface area contributed by atoms with E-state index in [9.17, 15) is 4.79 Å². The molecule has 0 bridgehead atoms. The van der Waals surface area contributed by atoms with Crippen molar-refractivity contribution < 1.29 is 29.8 Å². The van der Waals surface area contributed by atoms with E-state index in [1.54, 1.807) is 14.2 Å². The molecule has 6 heteroatoms. The molecule has 1 saturated heterocycles. The van der Waals surface area contributed by atoms with E-state index in [1.165, 1.54) is 0 Å². The first-order chi connectivity index (χ1) is 13.5. The molecular weight excluding hydrogens is 348 g/mol. The predicted octanol–water partition coefficient (Wildman–Crippen LogP) is 3.01. The number of hydrogen-bond acceptors (Lipinski definition) is 6. The normalized spacial score (nSPS) is 23.7. The molecule has 2 atom stereocenters. The minimum Gasteiger partial charge on any atom is -0.493 e. The van der Waals surface area contributed by atoms with E-state index >= 15 is 0 Å². The van der Waals surface area contributed by atoms with Gasteiger partial charge in [0.1, 0.15) is 0 Å². The molecule has 2 aliphatic rings. The molecule has 0 unspecified atom stereocenters. The second kappa shape index (κ2) is 7.39. The fourth-order valence-corrected chi connectivity index (χ4v) is 3.50. The first-order valence-corrected chi connectivity index (χ1v) is 8.80. The smallest absolute Gasteiger partial charge is 0.309 e. The zero-order valence-corrected chi connectivity index (χ0v) is 15.3. The number of fused-ring (bicyclic) bond motifs is 1. The van der Waals surface area contributed by atoms with Crippen molar-refractivity contribution in [2.75, 3.05) is 27.6 Å². The number of rotatable bonds is 6. The van der Waals surface area contributed by atoms with Gasteiger partial charge in [-0.1, -0.05) is 12.1 Å². The molecule has 0 aromatic heterocycles. The number of cyclic esters (lactones) is 1. The lowest BCUT2D eigenvalue weighted by atomic mass is 9.85. The molecule has 142 valence electrons. The quantitative estimate of drug-likeness (QED) is 0.728. The second-order valence-electron chi connectivity index (χ2n) is 6.58. The highest BCUT2D eigenvalue weighted by molar-refractivity contribution is 5.75. The summed E-state index contributed by atoms with van der Waals surface area (Å²) in [4.78, 5) is 12.4. The van der Waals surface area contributed by atoms with E-state index in [0.29, 0.717) is 29.4 Å². The Morgan fingerprint density at radius 2 is 1.70 bits per heavy atom. The van der Waals surface area contributed by atoms with Gasteiger partial charge in [0, 0.05) is 7.29 Å². The molecule has 0 amide bonds. The van der Waals surface area contributed by atoms with Gasteiger partial charge in [0.25, 0.3) is 0 Å². The van der Waals surface area contributed by atoms with Crippen LogP contribution in [0.1, 0.15) is 12.5 Å². The van der Waals surface area contributed by atoms with Crippen molar-refractivity contribution in [2.24, 2.45) is 11.8 Å². The molecule has 0 spiro atoms. The van der Waals surface area contributed by atoms with Gasteiger partial charge in [0.2, 0.25) is 6.79 Å². The van der Waals surface area contributed by atoms with Crippen LogP contribution in [0.2, 0.25) is 0 Å². The van der Waals surface area contributed by atoms with Gasteiger partial charge in [0.15, 0.2) is 23.0 Å². The Morgan fingerprint density at radius 1 is 0.963 bits per heavy atom. The van der Waals surface area contributed by atoms with Crippen molar-refractivity contribution in [2.45, 2.75) is 12.8 Å². The molecule has 6 nitrogen and oxygen atoms in total. The van der Waals surface area contributed by atoms with Crippen molar-refractivity contribution >= 4 is 5.97 Å². The summed E-state index contributed by atoms with van der Waals surface area (Å²) < 4.78 is 35.5. The maximum absolute atomic E-state index is 12.4. The van der Waals surface area contributed by atoms with Gasteiger partial charge >= 0.3 is 5.97 Å². The largest absolute Gasteiger partial charge is 0.493 e. The molecule has 0 aliphatic carbocycles. The molecule has 2 aromatic rings. The van der Waals surface area contributed by atoms with Gasteiger partial charge in [-0.3, -0.25) is 4.79 Å². The van der Waals surface area contributed by atoms with Crippen LogP contribution in [0.4, 0.5) is 0 Å². The molecule has 1 fully saturated rings. The van der Waals surface area contributed by atoms with Crippen molar-refractivity contribution in [1.82, 2.24) is 0 Å². The average molecular weight is 371 g/mol. The molecule has 0 N–H and O–H groups in total. The van der Waals surface area contributed by atoms with Crippen LogP contribution in [0.15, 0.2) is 36.4 Å².